The van der Waals surface area contributed by atoms with Gasteiger partial charge in [-0.3, -0.25) is 9.59 Å². The van der Waals surface area contributed by atoms with Crippen LogP contribution < -0.4 is 5.32 Å². The summed E-state index contributed by atoms with van der Waals surface area (Å²) in [5, 5.41) is 23.4. The van der Waals surface area contributed by atoms with Crippen molar-refractivity contribution in [3.8, 4) is 0 Å². The Labute approximate surface area is 495 Å². The maximum absolute atomic E-state index is 12.6. The first kappa shape index (κ1) is 77.6. The summed E-state index contributed by atoms with van der Waals surface area (Å²) >= 11 is 0. The molecular weight excluding hydrogens is 971 g/mol. The first-order chi connectivity index (χ1) is 39.0. The van der Waals surface area contributed by atoms with Gasteiger partial charge in [0.15, 0.2) is 0 Å². The Hall–Kier alpha value is -1.40. The molecule has 0 aliphatic heterocycles. The number of rotatable bonds is 69. The van der Waals surface area contributed by atoms with Crippen molar-refractivity contribution in [3.05, 3.63) is 12.2 Å². The van der Waals surface area contributed by atoms with Crippen LogP contribution in [0.5, 0.6) is 0 Å². The van der Waals surface area contributed by atoms with Gasteiger partial charge in [-0.2, -0.15) is 0 Å². The van der Waals surface area contributed by atoms with E-state index in [2.05, 4.69) is 31.3 Å². The van der Waals surface area contributed by atoms with Gasteiger partial charge in [-0.1, -0.05) is 366 Å². The molecule has 3 N–H and O–H groups in total. The summed E-state index contributed by atoms with van der Waals surface area (Å²) in [5.41, 5.74) is 0. The molecule has 0 bridgehead atoms. The van der Waals surface area contributed by atoms with Gasteiger partial charge in [0.1, 0.15) is 0 Å². The van der Waals surface area contributed by atoms with Gasteiger partial charge in [-0.05, 0) is 51.4 Å². The van der Waals surface area contributed by atoms with E-state index in [4.69, 9.17) is 4.74 Å². The van der Waals surface area contributed by atoms with Crippen LogP contribution in [0.25, 0.3) is 0 Å². The molecule has 0 aromatic carbocycles. The highest BCUT2D eigenvalue weighted by molar-refractivity contribution is 5.76. The van der Waals surface area contributed by atoms with E-state index in [0.29, 0.717) is 25.9 Å². The zero-order chi connectivity index (χ0) is 57.1. The minimum absolute atomic E-state index is 0.0143. The number of carbonyl (C=O) groups excluding carboxylic acids is 2. The third kappa shape index (κ3) is 65.6. The van der Waals surface area contributed by atoms with Crippen LogP contribution in [0.2, 0.25) is 0 Å². The van der Waals surface area contributed by atoms with E-state index in [0.717, 1.165) is 38.5 Å². The fourth-order valence-corrected chi connectivity index (χ4v) is 11.8. The number of esters is 1. The third-order valence-corrected chi connectivity index (χ3v) is 17.3. The molecule has 0 aliphatic rings. The number of hydrogen-bond donors (Lipinski definition) is 3. The smallest absolute Gasteiger partial charge is 0.305 e. The lowest BCUT2D eigenvalue weighted by atomic mass is 10.0. The molecule has 0 saturated carbocycles. The van der Waals surface area contributed by atoms with E-state index < -0.39 is 12.1 Å². The number of nitrogens with one attached hydrogen (secondary N) is 1. The zero-order valence-corrected chi connectivity index (χ0v) is 53.9. The van der Waals surface area contributed by atoms with Gasteiger partial charge in [0.05, 0.1) is 25.4 Å². The van der Waals surface area contributed by atoms with E-state index in [9.17, 15) is 19.8 Å². The number of aliphatic hydroxyl groups excluding tert-OH is 2. The van der Waals surface area contributed by atoms with Gasteiger partial charge < -0.3 is 20.3 Å². The van der Waals surface area contributed by atoms with Gasteiger partial charge in [0.2, 0.25) is 5.91 Å². The van der Waals surface area contributed by atoms with Crippen molar-refractivity contribution in [2.45, 2.75) is 431 Å². The van der Waals surface area contributed by atoms with Crippen molar-refractivity contribution < 1.29 is 24.5 Å². The molecule has 2 unspecified atom stereocenters. The molecule has 0 radical (unpaired) electrons. The van der Waals surface area contributed by atoms with Crippen molar-refractivity contribution in [3.63, 3.8) is 0 Å². The van der Waals surface area contributed by atoms with Gasteiger partial charge in [-0.25, -0.2) is 0 Å². The Morgan fingerprint density at radius 3 is 0.899 bits per heavy atom. The maximum atomic E-state index is 12.6. The molecule has 6 heteroatoms. The van der Waals surface area contributed by atoms with E-state index in [1.54, 1.807) is 0 Å². The number of ether oxygens (including phenoxy) is 1. The first-order valence-electron chi connectivity index (χ1n) is 36.4. The number of hydrogen-bond acceptors (Lipinski definition) is 5. The largest absolute Gasteiger partial charge is 0.466 e. The second kappa shape index (κ2) is 69.1. The van der Waals surface area contributed by atoms with Crippen LogP contribution in [0.1, 0.15) is 418 Å². The summed E-state index contributed by atoms with van der Waals surface area (Å²) in [6.07, 6.45) is 85.5. The van der Waals surface area contributed by atoms with E-state index in [1.807, 2.05) is 0 Å². The average Bonchev–Trinajstić information content (AvgIpc) is 3.45. The quantitative estimate of drug-likeness (QED) is 0.0320. The average molecular weight is 1110 g/mol. The van der Waals surface area contributed by atoms with E-state index >= 15 is 0 Å². The second-order valence-corrected chi connectivity index (χ2v) is 25.3. The van der Waals surface area contributed by atoms with Gasteiger partial charge in [0, 0.05) is 12.8 Å². The number of carbonyl (C=O) groups is 2. The fourth-order valence-electron chi connectivity index (χ4n) is 11.8. The highest BCUT2D eigenvalue weighted by Crippen LogP contribution is 2.19. The topological polar surface area (TPSA) is 95.9 Å². The van der Waals surface area contributed by atoms with Crippen molar-refractivity contribution in [2.24, 2.45) is 0 Å². The van der Waals surface area contributed by atoms with E-state index in [-0.39, 0.29) is 18.5 Å². The Kier molecular flexibility index (Phi) is 67.9. The lowest BCUT2D eigenvalue weighted by Gasteiger charge is -2.22. The molecule has 1 amide bonds. The van der Waals surface area contributed by atoms with Gasteiger partial charge in [0.25, 0.3) is 0 Å². The molecule has 0 heterocycles. The van der Waals surface area contributed by atoms with Crippen LogP contribution in [-0.2, 0) is 14.3 Å². The van der Waals surface area contributed by atoms with Gasteiger partial charge in [-0.15, -0.1) is 0 Å². The van der Waals surface area contributed by atoms with Crippen LogP contribution in [-0.4, -0.2) is 47.4 Å². The summed E-state index contributed by atoms with van der Waals surface area (Å²) in [5.74, 6) is -0.0221. The molecule has 2 atom stereocenters. The van der Waals surface area contributed by atoms with Crippen molar-refractivity contribution in [1.82, 2.24) is 5.32 Å². The third-order valence-electron chi connectivity index (χ3n) is 17.3. The normalized spacial score (nSPS) is 12.5. The molecule has 0 aromatic rings. The standard InChI is InChI=1S/C73H143NO5/c1-3-5-7-9-11-13-15-17-19-20-21-22-23-24-25-28-31-34-38-41-45-49-53-57-61-65-71(76)70(69-75)74-72(77)66-62-58-54-50-46-42-39-35-32-29-26-27-30-33-36-40-44-48-52-56-60-64-68-79-73(78)67-63-59-55-51-47-43-37-18-16-14-12-10-8-6-4-2/h29,32,70-71,75-76H,3-28,30-31,33-69H2,1-2H3,(H,74,77)/b32-29-. The highest BCUT2D eigenvalue weighted by atomic mass is 16.5. The Balaban J connectivity index is 3.40. The van der Waals surface area contributed by atoms with Gasteiger partial charge >= 0.3 is 5.97 Å². The van der Waals surface area contributed by atoms with Crippen molar-refractivity contribution in [1.29, 1.82) is 0 Å². The Morgan fingerprint density at radius 1 is 0.342 bits per heavy atom. The highest BCUT2D eigenvalue weighted by Gasteiger charge is 2.20. The number of amides is 1. The molecule has 0 rings (SSSR count). The van der Waals surface area contributed by atoms with Crippen LogP contribution in [0.4, 0.5) is 0 Å². The Bertz CT molecular complexity index is 1190. The monoisotopic (exact) mass is 1110 g/mol. The fraction of sp³-hybridized carbons (Fsp3) is 0.945. The minimum atomic E-state index is -0.670. The lowest BCUT2D eigenvalue weighted by molar-refractivity contribution is -0.143. The molecule has 0 spiro atoms. The SMILES string of the molecule is CCCCCCCCCCCCCCCCCCCCCCCCCCCC(O)C(CO)NC(=O)CCCCCCCCC/C=C\CCCCCCCCCCCCCOC(=O)CCCCCCCCCCCCCCCCC. The lowest BCUT2D eigenvalue weighted by Crippen LogP contribution is -2.45. The maximum Gasteiger partial charge on any atom is 0.305 e. The Morgan fingerprint density at radius 2 is 0.595 bits per heavy atom. The van der Waals surface area contributed by atoms with E-state index in [1.165, 1.54) is 347 Å². The summed E-state index contributed by atoms with van der Waals surface area (Å²) in [4.78, 5) is 24.6. The second-order valence-electron chi connectivity index (χ2n) is 25.3. The van der Waals surface area contributed by atoms with Crippen LogP contribution in [0, 0.1) is 0 Å². The van der Waals surface area contributed by atoms with Crippen molar-refractivity contribution >= 4 is 11.9 Å². The summed E-state index contributed by atoms with van der Waals surface area (Å²) < 4.78 is 5.50. The summed E-state index contributed by atoms with van der Waals surface area (Å²) in [6, 6.07) is -0.548. The molecule has 470 valence electrons. The van der Waals surface area contributed by atoms with Crippen LogP contribution in [0.3, 0.4) is 0 Å². The molecular formula is C73H143NO5. The van der Waals surface area contributed by atoms with Crippen LogP contribution >= 0.6 is 0 Å². The molecule has 0 aliphatic carbocycles. The predicted molar refractivity (Wildman–Crippen MR) is 347 cm³/mol. The molecule has 6 nitrogen and oxygen atoms in total. The molecule has 0 fully saturated rings. The number of unbranched alkanes of at least 4 members (excludes halogenated alkanes) is 56. The number of allylic oxidation sites excluding steroid dienone is 2. The molecule has 0 saturated heterocycles. The molecule has 79 heavy (non-hydrogen) atoms. The number of aliphatic hydroxyl groups is 2. The minimum Gasteiger partial charge on any atom is -0.466 e. The zero-order valence-electron chi connectivity index (χ0n) is 53.9. The molecule has 0 aromatic heterocycles. The first-order valence-corrected chi connectivity index (χ1v) is 36.4. The van der Waals surface area contributed by atoms with Crippen LogP contribution in [0.15, 0.2) is 12.2 Å². The van der Waals surface area contributed by atoms with Crippen molar-refractivity contribution in [2.75, 3.05) is 13.2 Å². The predicted octanol–water partition coefficient (Wildman–Crippen LogP) is 23.5. The summed E-state index contributed by atoms with van der Waals surface area (Å²) in [6.45, 7) is 5.00. The summed E-state index contributed by atoms with van der Waals surface area (Å²) in [7, 11) is 0.